The van der Waals surface area contributed by atoms with Crippen LogP contribution >= 0.6 is 11.8 Å². The average molecular weight is 338 g/mol. The fourth-order valence-corrected chi connectivity index (χ4v) is 2.76. The van der Waals surface area contributed by atoms with E-state index in [-0.39, 0.29) is 22.4 Å². The fraction of sp³-hybridized carbons (Fsp3) is 0.429. The highest BCUT2D eigenvalue weighted by atomic mass is 32.2. The van der Waals surface area contributed by atoms with Gasteiger partial charge in [-0.2, -0.15) is 0 Å². The zero-order valence-corrected chi connectivity index (χ0v) is 14.1. The van der Waals surface area contributed by atoms with E-state index in [9.17, 15) is 14.4 Å². The molecule has 124 valence electrons. The average Bonchev–Trinajstić information content (AvgIpc) is 2.92. The van der Waals surface area contributed by atoms with Crippen molar-refractivity contribution in [3.8, 4) is 0 Å². The summed E-state index contributed by atoms with van der Waals surface area (Å²) in [5.74, 6) is 0.423. The lowest BCUT2D eigenvalue weighted by molar-refractivity contribution is -0.115. The van der Waals surface area contributed by atoms with Gasteiger partial charge < -0.3 is 4.52 Å². The summed E-state index contributed by atoms with van der Waals surface area (Å²) in [6.45, 7) is 3.50. The van der Waals surface area contributed by atoms with Crippen molar-refractivity contribution in [2.75, 3.05) is 5.32 Å². The number of thioether (sulfide) groups is 1. The zero-order valence-electron chi connectivity index (χ0n) is 13.3. The monoisotopic (exact) mass is 338 g/mol. The van der Waals surface area contributed by atoms with Crippen LogP contribution < -0.4 is 16.6 Å². The minimum absolute atomic E-state index is 0.236. The Kier molecular flexibility index (Phi) is 5.09. The van der Waals surface area contributed by atoms with Gasteiger partial charge in [0, 0.05) is 37.7 Å². The number of carbonyl (C=O) groups excluding carboxylic acids is 1. The van der Waals surface area contributed by atoms with Crippen molar-refractivity contribution >= 4 is 23.6 Å². The third kappa shape index (κ3) is 3.92. The molecule has 0 aromatic carbocycles. The summed E-state index contributed by atoms with van der Waals surface area (Å²) in [4.78, 5) is 35.6. The zero-order chi connectivity index (χ0) is 17.1. The van der Waals surface area contributed by atoms with Gasteiger partial charge in [0.25, 0.3) is 5.56 Å². The van der Waals surface area contributed by atoms with Crippen molar-refractivity contribution in [1.29, 1.82) is 0 Å². The maximum absolute atomic E-state index is 12.1. The molecule has 0 aliphatic rings. The summed E-state index contributed by atoms with van der Waals surface area (Å²) >= 11 is 1.32. The van der Waals surface area contributed by atoms with E-state index in [2.05, 4.69) is 10.5 Å². The minimum Gasteiger partial charge on any atom is -0.338 e. The highest BCUT2D eigenvalue weighted by Crippen LogP contribution is 2.18. The van der Waals surface area contributed by atoms with Crippen LogP contribution in [-0.2, 0) is 24.6 Å². The molecule has 8 nitrogen and oxygen atoms in total. The predicted octanol–water partition coefficient (Wildman–Crippen LogP) is 0.641. The number of anilines is 1. The molecule has 2 heterocycles. The Morgan fingerprint density at radius 3 is 2.65 bits per heavy atom. The number of carbonyl (C=O) groups is 1. The van der Waals surface area contributed by atoms with Crippen LogP contribution in [0.25, 0.3) is 0 Å². The fourth-order valence-electron chi connectivity index (χ4n) is 1.85. The molecule has 2 rings (SSSR count). The Balaban J connectivity index is 2.02. The first kappa shape index (κ1) is 17.1. The van der Waals surface area contributed by atoms with E-state index >= 15 is 0 Å². The Morgan fingerprint density at radius 1 is 1.35 bits per heavy atom. The third-order valence-electron chi connectivity index (χ3n) is 3.35. The Labute approximate surface area is 136 Å². The van der Waals surface area contributed by atoms with Gasteiger partial charge in [-0.3, -0.25) is 24.0 Å². The standard InChI is InChI=1S/C14H18N4O4S/c1-8-5-11(22-16-8)15-13(20)9(2)23-7-10-6-12(19)18(4)14(21)17(10)3/h5-6,9H,7H2,1-4H3,(H,15,20). The second-order valence-electron chi connectivity index (χ2n) is 5.15. The highest BCUT2D eigenvalue weighted by molar-refractivity contribution is 7.99. The van der Waals surface area contributed by atoms with Gasteiger partial charge in [-0.15, -0.1) is 11.8 Å². The van der Waals surface area contributed by atoms with E-state index in [0.29, 0.717) is 23.0 Å². The second kappa shape index (κ2) is 6.86. The number of rotatable bonds is 5. The first-order chi connectivity index (χ1) is 10.8. The smallest absolute Gasteiger partial charge is 0.330 e. The number of hydrogen-bond donors (Lipinski definition) is 1. The lowest BCUT2D eigenvalue weighted by atomic mass is 10.4. The normalized spacial score (nSPS) is 12.2. The van der Waals surface area contributed by atoms with Gasteiger partial charge in [0.1, 0.15) is 0 Å². The molecule has 1 unspecified atom stereocenters. The molecule has 0 spiro atoms. The SMILES string of the molecule is Cc1cc(NC(=O)C(C)SCc2cc(=O)n(C)c(=O)n2C)on1. The van der Waals surface area contributed by atoms with Gasteiger partial charge in [-0.05, 0) is 13.8 Å². The second-order valence-corrected chi connectivity index (χ2v) is 6.48. The van der Waals surface area contributed by atoms with Crippen LogP contribution in [0.4, 0.5) is 5.88 Å². The lowest BCUT2D eigenvalue weighted by Crippen LogP contribution is -2.38. The first-order valence-electron chi connectivity index (χ1n) is 6.91. The van der Waals surface area contributed by atoms with E-state index in [1.807, 2.05) is 0 Å². The number of nitrogens with one attached hydrogen (secondary N) is 1. The molecular weight excluding hydrogens is 320 g/mol. The Hall–Kier alpha value is -2.29. The van der Waals surface area contributed by atoms with Crippen molar-refractivity contribution in [3.63, 3.8) is 0 Å². The molecule has 23 heavy (non-hydrogen) atoms. The van der Waals surface area contributed by atoms with Gasteiger partial charge in [-0.1, -0.05) is 5.16 Å². The number of amides is 1. The van der Waals surface area contributed by atoms with Crippen LogP contribution in [0.3, 0.4) is 0 Å². The number of hydrogen-bond acceptors (Lipinski definition) is 6. The van der Waals surface area contributed by atoms with Gasteiger partial charge in [0.2, 0.25) is 11.8 Å². The Bertz CT molecular complexity index is 836. The summed E-state index contributed by atoms with van der Waals surface area (Å²) in [5.41, 5.74) is 0.495. The molecule has 1 atom stereocenters. The maximum atomic E-state index is 12.1. The summed E-state index contributed by atoms with van der Waals surface area (Å²) in [6.07, 6.45) is 0. The van der Waals surface area contributed by atoms with Gasteiger partial charge >= 0.3 is 5.69 Å². The molecule has 9 heteroatoms. The molecule has 0 radical (unpaired) electrons. The van der Waals surface area contributed by atoms with Crippen molar-refractivity contribution < 1.29 is 9.32 Å². The highest BCUT2D eigenvalue weighted by Gasteiger charge is 2.16. The predicted molar refractivity (Wildman–Crippen MR) is 87.6 cm³/mol. The van der Waals surface area contributed by atoms with Gasteiger partial charge in [-0.25, -0.2) is 4.79 Å². The minimum atomic E-state index is -0.389. The molecule has 0 aliphatic carbocycles. The van der Waals surface area contributed by atoms with Crippen LogP contribution in [0, 0.1) is 6.92 Å². The van der Waals surface area contributed by atoms with Crippen LogP contribution in [0.2, 0.25) is 0 Å². The largest absolute Gasteiger partial charge is 0.338 e. The molecule has 1 amide bonds. The van der Waals surface area contributed by atoms with Crippen LogP contribution in [-0.4, -0.2) is 25.4 Å². The van der Waals surface area contributed by atoms with E-state index < -0.39 is 0 Å². The first-order valence-corrected chi connectivity index (χ1v) is 7.96. The number of nitrogens with zero attached hydrogens (tertiary/aromatic N) is 3. The molecular formula is C14H18N4O4S. The van der Waals surface area contributed by atoms with Crippen molar-refractivity contribution in [3.05, 3.63) is 44.4 Å². The lowest BCUT2D eigenvalue weighted by Gasteiger charge is -2.12. The summed E-state index contributed by atoms with van der Waals surface area (Å²) in [6, 6.07) is 3.03. The van der Waals surface area contributed by atoms with E-state index in [1.54, 1.807) is 27.0 Å². The van der Waals surface area contributed by atoms with E-state index in [4.69, 9.17) is 4.52 Å². The Morgan fingerprint density at radius 2 is 2.04 bits per heavy atom. The molecule has 0 saturated carbocycles. The van der Waals surface area contributed by atoms with Crippen molar-refractivity contribution in [2.24, 2.45) is 14.1 Å². The quantitative estimate of drug-likeness (QED) is 0.859. The van der Waals surface area contributed by atoms with Crippen molar-refractivity contribution in [1.82, 2.24) is 14.3 Å². The number of aromatic nitrogens is 3. The molecule has 0 aliphatic heterocycles. The summed E-state index contributed by atoms with van der Waals surface area (Å²) in [5, 5.41) is 5.92. The molecule has 0 fully saturated rings. The number of aryl methyl sites for hydroxylation is 1. The van der Waals surface area contributed by atoms with E-state index in [0.717, 1.165) is 4.57 Å². The van der Waals surface area contributed by atoms with Crippen molar-refractivity contribution in [2.45, 2.75) is 24.9 Å². The van der Waals surface area contributed by atoms with Crippen LogP contribution in [0.1, 0.15) is 18.3 Å². The van der Waals surface area contributed by atoms with Crippen LogP contribution in [0.5, 0.6) is 0 Å². The van der Waals surface area contributed by atoms with Gasteiger partial charge in [0.15, 0.2) is 0 Å². The topological polar surface area (TPSA) is 99.1 Å². The van der Waals surface area contributed by atoms with Crippen LogP contribution in [0.15, 0.2) is 26.2 Å². The molecule has 0 bridgehead atoms. The van der Waals surface area contributed by atoms with Gasteiger partial charge in [0.05, 0.1) is 10.9 Å². The summed E-state index contributed by atoms with van der Waals surface area (Å²) in [7, 11) is 3.02. The maximum Gasteiger partial charge on any atom is 0.330 e. The molecule has 0 saturated heterocycles. The summed E-state index contributed by atoms with van der Waals surface area (Å²) < 4.78 is 7.37. The van der Waals surface area contributed by atoms with E-state index in [1.165, 1.54) is 29.4 Å². The third-order valence-corrected chi connectivity index (χ3v) is 4.53. The molecule has 2 aromatic rings. The molecule has 1 N–H and O–H groups in total. The molecule has 2 aromatic heterocycles.